The van der Waals surface area contributed by atoms with Crippen molar-refractivity contribution >= 4 is 28.5 Å². The lowest BCUT2D eigenvalue weighted by Gasteiger charge is -2.18. The topological polar surface area (TPSA) is 95.4 Å². The van der Waals surface area contributed by atoms with Crippen molar-refractivity contribution in [1.82, 2.24) is 15.1 Å². The van der Waals surface area contributed by atoms with Gasteiger partial charge in [0.15, 0.2) is 0 Å². The third-order valence-corrected chi connectivity index (χ3v) is 4.22. The number of carboxylic acid groups (broad SMARTS) is 1. The van der Waals surface area contributed by atoms with Gasteiger partial charge in [0.05, 0.1) is 18.3 Å². The van der Waals surface area contributed by atoms with Crippen LogP contribution in [0.3, 0.4) is 0 Å². The van der Waals surface area contributed by atoms with Crippen LogP contribution in [-0.2, 0) is 11.2 Å². The quantitative estimate of drug-likeness (QED) is 0.771. The lowest BCUT2D eigenvalue weighted by Crippen LogP contribution is -2.35. The van der Waals surface area contributed by atoms with Crippen molar-refractivity contribution in [3.63, 3.8) is 0 Å². The highest BCUT2D eigenvalue weighted by Gasteiger charge is 2.53. The van der Waals surface area contributed by atoms with E-state index >= 15 is 0 Å². The molecule has 2 rings (SSSR count). The number of carboxylic acids is 1. The number of urea groups is 1. The van der Waals surface area contributed by atoms with Gasteiger partial charge in [0, 0.05) is 13.1 Å². The minimum atomic E-state index is -4.80. The predicted octanol–water partition coefficient (Wildman–Crippen LogP) is 2.37. The standard InChI is InChI=1S/C11H10F6N4O3S/c12-10(13,14)1-6-19-20-8(25-6)18-9(24)21-2-4(7(22)23)5(3-21)11(15,16)17/h4-5H,1-3H2,(H,22,23)(H,18,20,24)/t4-,5-/m1/s1. The maximum Gasteiger partial charge on any atom is 0.395 e. The van der Waals surface area contributed by atoms with E-state index in [0.29, 0.717) is 16.2 Å². The molecule has 14 heteroatoms. The summed E-state index contributed by atoms with van der Waals surface area (Å²) in [6.07, 6.45) is -10.7. The Balaban J connectivity index is 2.03. The Labute approximate surface area is 139 Å². The zero-order chi connectivity index (χ0) is 19.0. The van der Waals surface area contributed by atoms with Crippen molar-refractivity contribution in [3.05, 3.63) is 5.01 Å². The molecule has 1 saturated heterocycles. The van der Waals surface area contributed by atoms with Gasteiger partial charge >= 0.3 is 24.4 Å². The van der Waals surface area contributed by atoms with Crippen LogP contribution in [0.15, 0.2) is 0 Å². The van der Waals surface area contributed by atoms with Gasteiger partial charge in [-0.2, -0.15) is 26.3 Å². The summed E-state index contributed by atoms with van der Waals surface area (Å²) in [5.41, 5.74) is 0. The molecule has 0 radical (unpaired) electrons. The highest BCUT2D eigenvalue weighted by molar-refractivity contribution is 7.15. The summed E-state index contributed by atoms with van der Waals surface area (Å²) in [6.45, 7) is -1.56. The molecular weight excluding hydrogens is 382 g/mol. The van der Waals surface area contributed by atoms with Gasteiger partial charge in [-0.05, 0) is 0 Å². The largest absolute Gasteiger partial charge is 0.481 e. The number of rotatable bonds is 3. The molecule has 2 heterocycles. The third kappa shape index (κ3) is 4.93. The monoisotopic (exact) mass is 392 g/mol. The molecular formula is C11H10F6N4O3S. The smallest absolute Gasteiger partial charge is 0.395 e. The second-order valence-corrected chi connectivity index (χ2v) is 6.28. The summed E-state index contributed by atoms with van der Waals surface area (Å²) >= 11 is 0.421. The van der Waals surface area contributed by atoms with Crippen molar-refractivity contribution in [2.45, 2.75) is 18.8 Å². The second-order valence-electron chi connectivity index (χ2n) is 5.22. The number of hydrogen-bond donors (Lipinski definition) is 2. The first kappa shape index (κ1) is 19.2. The van der Waals surface area contributed by atoms with Gasteiger partial charge in [-0.25, -0.2) is 4.79 Å². The van der Waals surface area contributed by atoms with E-state index in [0.717, 1.165) is 0 Å². The molecule has 1 aromatic rings. The number of hydrogen-bond acceptors (Lipinski definition) is 5. The van der Waals surface area contributed by atoms with Crippen LogP contribution < -0.4 is 5.32 Å². The van der Waals surface area contributed by atoms with Crippen molar-refractivity contribution in [1.29, 1.82) is 0 Å². The fraction of sp³-hybridized carbons (Fsp3) is 0.636. The Kier molecular flexibility index (Phi) is 5.11. The maximum atomic E-state index is 12.8. The van der Waals surface area contributed by atoms with Gasteiger partial charge < -0.3 is 10.0 Å². The minimum Gasteiger partial charge on any atom is -0.481 e. The van der Waals surface area contributed by atoms with Gasteiger partial charge in [-0.3, -0.25) is 10.1 Å². The molecule has 1 aliphatic heterocycles. The number of alkyl halides is 6. The van der Waals surface area contributed by atoms with Gasteiger partial charge in [0.1, 0.15) is 5.01 Å². The number of amides is 2. The number of halogens is 6. The van der Waals surface area contributed by atoms with Gasteiger partial charge in [0.2, 0.25) is 5.13 Å². The van der Waals surface area contributed by atoms with Crippen molar-refractivity contribution in [3.8, 4) is 0 Å². The van der Waals surface area contributed by atoms with Gasteiger partial charge in [0.25, 0.3) is 0 Å². The van der Waals surface area contributed by atoms with Crippen LogP contribution in [0.4, 0.5) is 36.3 Å². The number of anilines is 1. The maximum absolute atomic E-state index is 12.8. The average Bonchev–Trinajstić information content (AvgIpc) is 3.02. The van der Waals surface area contributed by atoms with E-state index in [1.165, 1.54) is 0 Å². The van der Waals surface area contributed by atoms with E-state index in [9.17, 15) is 35.9 Å². The Morgan fingerprint density at radius 3 is 2.32 bits per heavy atom. The summed E-state index contributed by atoms with van der Waals surface area (Å²) in [5.74, 6) is -5.74. The number of nitrogens with one attached hydrogen (secondary N) is 1. The summed E-state index contributed by atoms with van der Waals surface area (Å²) in [6, 6.07) is -1.09. The van der Waals surface area contributed by atoms with Crippen LogP contribution in [-0.4, -0.2) is 57.6 Å². The number of likely N-dealkylation sites (tertiary alicyclic amines) is 1. The molecule has 0 aromatic carbocycles. The molecule has 7 nitrogen and oxygen atoms in total. The van der Waals surface area contributed by atoms with Crippen LogP contribution in [0.2, 0.25) is 0 Å². The highest BCUT2D eigenvalue weighted by Crippen LogP contribution is 2.38. The van der Waals surface area contributed by atoms with E-state index in [-0.39, 0.29) is 5.13 Å². The summed E-state index contributed by atoms with van der Waals surface area (Å²) in [4.78, 5) is 23.5. The number of carbonyl (C=O) groups is 2. The molecule has 25 heavy (non-hydrogen) atoms. The van der Waals surface area contributed by atoms with Crippen LogP contribution in [0.1, 0.15) is 5.01 Å². The fourth-order valence-corrected chi connectivity index (χ4v) is 3.03. The van der Waals surface area contributed by atoms with E-state index in [1.54, 1.807) is 0 Å². The molecule has 1 aromatic heterocycles. The Bertz CT molecular complexity index is 661. The number of aliphatic carboxylic acids is 1. The Morgan fingerprint density at radius 2 is 1.84 bits per heavy atom. The minimum absolute atomic E-state index is 0.327. The molecule has 2 amide bonds. The first-order chi connectivity index (χ1) is 11.4. The average molecular weight is 392 g/mol. The number of carbonyl (C=O) groups excluding carboxylic acids is 1. The molecule has 0 saturated carbocycles. The second kappa shape index (κ2) is 6.65. The lowest BCUT2D eigenvalue weighted by molar-refractivity contribution is -0.187. The highest BCUT2D eigenvalue weighted by atomic mass is 32.1. The Morgan fingerprint density at radius 1 is 1.20 bits per heavy atom. The molecule has 140 valence electrons. The molecule has 0 aliphatic carbocycles. The SMILES string of the molecule is O=C(O)[C@@H]1CN(C(=O)Nc2nnc(CC(F)(F)F)s2)C[C@H]1C(F)(F)F. The van der Waals surface area contributed by atoms with Crippen molar-refractivity contribution in [2.24, 2.45) is 11.8 Å². The van der Waals surface area contributed by atoms with Crippen LogP contribution in [0, 0.1) is 11.8 Å². The number of aromatic nitrogens is 2. The summed E-state index contributed by atoms with van der Waals surface area (Å²) in [7, 11) is 0. The van der Waals surface area contributed by atoms with E-state index < -0.39 is 60.7 Å². The van der Waals surface area contributed by atoms with Crippen molar-refractivity contribution < 1.29 is 41.0 Å². The zero-order valence-electron chi connectivity index (χ0n) is 12.1. The molecule has 1 fully saturated rings. The molecule has 2 N–H and O–H groups in total. The predicted molar refractivity (Wildman–Crippen MR) is 70.9 cm³/mol. The Hall–Kier alpha value is -2.12. The molecule has 0 unspecified atom stereocenters. The van der Waals surface area contributed by atoms with E-state index in [2.05, 4.69) is 10.2 Å². The number of nitrogens with zero attached hydrogens (tertiary/aromatic N) is 3. The van der Waals surface area contributed by atoms with Crippen molar-refractivity contribution in [2.75, 3.05) is 18.4 Å². The molecule has 1 aliphatic rings. The molecule has 0 bridgehead atoms. The van der Waals surface area contributed by atoms with Crippen LogP contribution in [0.25, 0.3) is 0 Å². The van der Waals surface area contributed by atoms with E-state index in [1.807, 2.05) is 5.32 Å². The lowest BCUT2D eigenvalue weighted by atomic mass is 9.96. The zero-order valence-corrected chi connectivity index (χ0v) is 12.9. The molecule has 0 spiro atoms. The van der Waals surface area contributed by atoms with Gasteiger partial charge in [-0.15, -0.1) is 10.2 Å². The van der Waals surface area contributed by atoms with E-state index in [4.69, 9.17) is 5.11 Å². The van der Waals surface area contributed by atoms with Gasteiger partial charge in [-0.1, -0.05) is 11.3 Å². The van der Waals surface area contributed by atoms with Crippen LogP contribution >= 0.6 is 11.3 Å². The first-order valence-corrected chi connectivity index (χ1v) is 7.43. The third-order valence-electron chi connectivity index (χ3n) is 3.38. The van der Waals surface area contributed by atoms with Crippen LogP contribution in [0.5, 0.6) is 0 Å². The summed E-state index contributed by atoms with van der Waals surface area (Å²) in [5, 5.41) is 16.7. The normalized spacial score (nSPS) is 21.4. The molecule has 2 atom stereocenters. The summed E-state index contributed by atoms with van der Waals surface area (Å²) < 4.78 is 75.2. The fourth-order valence-electron chi connectivity index (χ4n) is 2.27. The first-order valence-electron chi connectivity index (χ1n) is 6.61.